The minimum absolute atomic E-state index is 0.0603. The minimum atomic E-state index is -4.38. The van der Waals surface area contributed by atoms with Crippen LogP contribution in [0.3, 0.4) is 0 Å². The molecule has 0 amide bonds. The normalized spacial score (nSPS) is 18.3. The van der Waals surface area contributed by atoms with Crippen molar-refractivity contribution in [1.29, 1.82) is 0 Å². The zero-order valence-electron chi connectivity index (χ0n) is 14.7. The van der Waals surface area contributed by atoms with Crippen LogP contribution < -0.4 is 9.80 Å². The summed E-state index contributed by atoms with van der Waals surface area (Å²) < 4.78 is 38.1. The third kappa shape index (κ3) is 3.56. The molecule has 0 N–H and O–H groups in total. The van der Waals surface area contributed by atoms with Gasteiger partial charge in [0.2, 0.25) is 0 Å². The second-order valence-electron chi connectivity index (χ2n) is 6.46. The molecular formula is C17H19ClF3N5. The lowest BCUT2D eigenvalue weighted by Crippen LogP contribution is -2.53. The van der Waals surface area contributed by atoms with Gasteiger partial charge in [0.25, 0.3) is 0 Å². The van der Waals surface area contributed by atoms with Crippen LogP contribution in [0.4, 0.5) is 24.8 Å². The van der Waals surface area contributed by atoms with Gasteiger partial charge in [0.1, 0.15) is 5.82 Å². The van der Waals surface area contributed by atoms with E-state index in [-0.39, 0.29) is 6.04 Å². The van der Waals surface area contributed by atoms with E-state index in [0.717, 1.165) is 29.2 Å². The van der Waals surface area contributed by atoms with Crippen LogP contribution >= 0.6 is 11.6 Å². The number of rotatable bonds is 2. The fourth-order valence-corrected chi connectivity index (χ4v) is 3.26. The number of piperazine rings is 1. The first-order chi connectivity index (χ1) is 12.2. The van der Waals surface area contributed by atoms with Crippen molar-refractivity contribution in [2.24, 2.45) is 0 Å². The molecule has 1 aliphatic heterocycles. The van der Waals surface area contributed by atoms with Crippen molar-refractivity contribution in [2.45, 2.75) is 33.0 Å². The first kappa shape index (κ1) is 18.7. The average Bonchev–Trinajstić information content (AvgIpc) is 2.59. The van der Waals surface area contributed by atoms with Crippen LogP contribution in [0.25, 0.3) is 0 Å². The summed E-state index contributed by atoms with van der Waals surface area (Å²) >= 11 is 6.01. The summed E-state index contributed by atoms with van der Waals surface area (Å²) in [4.78, 5) is 8.13. The molecule has 3 heterocycles. The largest absolute Gasteiger partial charge is 0.417 e. The van der Waals surface area contributed by atoms with E-state index in [0.29, 0.717) is 30.6 Å². The number of nitrogens with zero attached hydrogens (tertiary/aromatic N) is 5. The first-order valence-corrected chi connectivity index (χ1v) is 8.60. The molecule has 0 bridgehead atoms. The quantitative estimate of drug-likeness (QED) is 0.785. The van der Waals surface area contributed by atoms with E-state index in [1.54, 1.807) is 0 Å². The third-order valence-electron chi connectivity index (χ3n) is 4.74. The van der Waals surface area contributed by atoms with Gasteiger partial charge in [0, 0.05) is 31.9 Å². The van der Waals surface area contributed by atoms with E-state index in [2.05, 4.69) is 20.1 Å². The SMILES string of the molecule is Cc1c(Cl)nnc(N2CCN(c3ccc(C(F)(F)F)cn3)[C@H](C)C2)c1C. The van der Waals surface area contributed by atoms with Crippen molar-refractivity contribution >= 4 is 23.2 Å². The Kier molecular flexibility index (Phi) is 4.96. The molecule has 1 aliphatic rings. The van der Waals surface area contributed by atoms with E-state index in [1.807, 2.05) is 25.7 Å². The number of alkyl halides is 3. The molecule has 1 fully saturated rings. The monoisotopic (exact) mass is 385 g/mol. The Morgan fingerprint density at radius 2 is 1.85 bits per heavy atom. The van der Waals surface area contributed by atoms with Gasteiger partial charge in [-0.3, -0.25) is 0 Å². The average molecular weight is 386 g/mol. The van der Waals surface area contributed by atoms with Crippen LogP contribution in [0.1, 0.15) is 23.6 Å². The Hall–Kier alpha value is -2.09. The zero-order chi connectivity index (χ0) is 19.1. The summed E-state index contributed by atoms with van der Waals surface area (Å²) in [5.41, 5.74) is 1.14. The number of anilines is 2. The lowest BCUT2D eigenvalue weighted by Gasteiger charge is -2.41. The molecule has 26 heavy (non-hydrogen) atoms. The number of halogens is 4. The molecule has 0 spiro atoms. The van der Waals surface area contributed by atoms with E-state index in [1.165, 1.54) is 6.07 Å². The molecule has 9 heteroatoms. The third-order valence-corrected chi connectivity index (χ3v) is 5.10. The van der Waals surface area contributed by atoms with Crippen molar-refractivity contribution in [2.75, 3.05) is 29.4 Å². The molecule has 1 atom stereocenters. The Bertz CT molecular complexity index is 794. The lowest BCUT2D eigenvalue weighted by atomic mass is 10.1. The number of pyridine rings is 1. The van der Waals surface area contributed by atoms with Gasteiger partial charge in [-0.25, -0.2) is 4.98 Å². The van der Waals surface area contributed by atoms with Crippen molar-refractivity contribution in [1.82, 2.24) is 15.2 Å². The first-order valence-electron chi connectivity index (χ1n) is 8.22. The molecule has 0 saturated carbocycles. The number of aromatic nitrogens is 3. The van der Waals surface area contributed by atoms with Crippen molar-refractivity contribution < 1.29 is 13.2 Å². The fraction of sp³-hybridized carbons (Fsp3) is 0.471. The highest BCUT2D eigenvalue weighted by molar-refractivity contribution is 6.30. The maximum Gasteiger partial charge on any atom is 0.417 e. The van der Waals surface area contributed by atoms with E-state index in [9.17, 15) is 13.2 Å². The highest BCUT2D eigenvalue weighted by atomic mass is 35.5. The van der Waals surface area contributed by atoms with Gasteiger partial charge in [-0.2, -0.15) is 13.2 Å². The predicted octanol–water partition coefficient (Wildman–Crippen LogP) is 3.88. The Morgan fingerprint density at radius 3 is 2.42 bits per heavy atom. The molecule has 0 aliphatic carbocycles. The molecule has 0 aromatic carbocycles. The fourth-order valence-electron chi connectivity index (χ4n) is 3.08. The molecular weight excluding hydrogens is 367 g/mol. The van der Waals surface area contributed by atoms with Crippen molar-refractivity contribution in [3.8, 4) is 0 Å². The molecule has 2 aromatic heterocycles. The topological polar surface area (TPSA) is 45.2 Å². The maximum absolute atomic E-state index is 12.7. The number of hydrogen-bond acceptors (Lipinski definition) is 5. The number of hydrogen-bond donors (Lipinski definition) is 0. The van der Waals surface area contributed by atoms with E-state index >= 15 is 0 Å². The predicted molar refractivity (Wildman–Crippen MR) is 94.8 cm³/mol. The molecule has 0 unspecified atom stereocenters. The lowest BCUT2D eigenvalue weighted by molar-refractivity contribution is -0.137. The second-order valence-corrected chi connectivity index (χ2v) is 6.81. The summed E-state index contributed by atoms with van der Waals surface area (Å²) in [5, 5.41) is 8.60. The molecule has 2 aromatic rings. The summed E-state index contributed by atoms with van der Waals surface area (Å²) in [5.74, 6) is 1.33. The van der Waals surface area contributed by atoms with Gasteiger partial charge < -0.3 is 9.80 Å². The van der Waals surface area contributed by atoms with Crippen LogP contribution in [-0.2, 0) is 6.18 Å². The summed E-state index contributed by atoms with van der Waals surface area (Å²) in [6, 6.07) is 2.55. The standard InChI is InChI=1S/C17H19ClF3N5/c1-10-9-25(16-12(3)11(2)15(18)23-24-16)6-7-26(10)14-5-4-13(8-22-14)17(19,20)21/h4-5,8,10H,6-7,9H2,1-3H3/t10-/m1/s1. The van der Waals surface area contributed by atoms with E-state index in [4.69, 9.17) is 11.6 Å². The zero-order valence-corrected chi connectivity index (χ0v) is 15.4. The van der Waals surface area contributed by atoms with E-state index < -0.39 is 11.7 Å². The van der Waals surface area contributed by atoms with Crippen LogP contribution in [0.5, 0.6) is 0 Å². The van der Waals surface area contributed by atoms with Gasteiger partial charge in [-0.15, -0.1) is 10.2 Å². The minimum Gasteiger partial charge on any atom is -0.351 e. The summed E-state index contributed by atoms with van der Waals surface area (Å²) in [6.07, 6.45) is -3.49. The Balaban J connectivity index is 1.76. The summed E-state index contributed by atoms with van der Waals surface area (Å²) in [7, 11) is 0. The Labute approximate surface area is 154 Å². The van der Waals surface area contributed by atoms with Crippen LogP contribution in [-0.4, -0.2) is 40.9 Å². The van der Waals surface area contributed by atoms with Gasteiger partial charge in [-0.05, 0) is 44.0 Å². The molecule has 1 saturated heterocycles. The van der Waals surface area contributed by atoms with Gasteiger partial charge in [0.15, 0.2) is 11.0 Å². The van der Waals surface area contributed by atoms with Crippen molar-refractivity contribution in [3.63, 3.8) is 0 Å². The molecule has 3 rings (SSSR count). The van der Waals surface area contributed by atoms with Gasteiger partial charge in [0.05, 0.1) is 5.56 Å². The Morgan fingerprint density at radius 1 is 1.12 bits per heavy atom. The van der Waals surface area contributed by atoms with Crippen molar-refractivity contribution in [3.05, 3.63) is 40.2 Å². The highest BCUT2D eigenvalue weighted by Crippen LogP contribution is 2.31. The van der Waals surface area contributed by atoms with Crippen LogP contribution in [0.15, 0.2) is 18.3 Å². The highest BCUT2D eigenvalue weighted by Gasteiger charge is 2.32. The van der Waals surface area contributed by atoms with Crippen LogP contribution in [0.2, 0.25) is 5.15 Å². The summed E-state index contributed by atoms with van der Waals surface area (Å²) in [6.45, 7) is 7.84. The molecule has 140 valence electrons. The smallest absolute Gasteiger partial charge is 0.351 e. The van der Waals surface area contributed by atoms with Gasteiger partial charge in [-0.1, -0.05) is 11.6 Å². The molecule has 0 radical (unpaired) electrons. The second kappa shape index (κ2) is 6.90. The maximum atomic E-state index is 12.7. The van der Waals surface area contributed by atoms with Crippen LogP contribution in [0, 0.1) is 13.8 Å². The molecule has 5 nitrogen and oxygen atoms in total. The van der Waals surface area contributed by atoms with Gasteiger partial charge >= 0.3 is 6.18 Å².